The number of carbonyl (C=O) groups is 1. The maximum Gasteiger partial charge on any atom is 0.229 e. The van der Waals surface area contributed by atoms with Crippen LogP contribution in [0.2, 0.25) is 0 Å². The highest BCUT2D eigenvalue weighted by molar-refractivity contribution is 6.68. The molecule has 0 saturated carbocycles. The zero-order chi connectivity index (χ0) is 22.8. The van der Waals surface area contributed by atoms with E-state index in [-0.39, 0.29) is 23.9 Å². The molecule has 2 aromatic heterocycles. The van der Waals surface area contributed by atoms with Gasteiger partial charge in [-0.05, 0) is 0 Å². The fraction of sp³-hybridized carbons (Fsp3) is 0.333. The molecule has 0 fully saturated rings. The molecule has 31 heavy (non-hydrogen) atoms. The fourth-order valence-electron chi connectivity index (χ4n) is 2.79. The number of nitrogens with zero attached hydrogens (tertiary/aromatic N) is 4. The van der Waals surface area contributed by atoms with E-state index >= 15 is 0 Å². The second-order valence-electron chi connectivity index (χ2n) is 6.35. The van der Waals surface area contributed by atoms with Crippen LogP contribution in [0, 0.1) is 0 Å². The minimum Gasteiger partial charge on any atom is -0.497 e. The Labute approximate surface area is 193 Å². The van der Waals surface area contributed by atoms with E-state index in [1.165, 1.54) is 10.9 Å². The number of methoxy groups -OCH3 is 2. The average Bonchev–Trinajstić information content (AvgIpc) is 3.13. The number of nitrogens with one attached hydrogen (secondary N) is 2. The first kappa shape index (κ1) is 23.0. The Morgan fingerprint density at radius 2 is 1.84 bits per heavy atom. The van der Waals surface area contributed by atoms with Crippen LogP contribution < -0.4 is 25.8 Å². The molecule has 3 aromatic rings. The summed E-state index contributed by atoms with van der Waals surface area (Å²) >= 11 is 18.4. The Balaban J connectivity index is 2.08. The summed E-state index contributed by atoms with van der Waals surface area (Å²) < 4.78 is 10.1. The molecule has 2 heterocycles. The highest BCUT2D eigenvalue weighted by Gasteiger charge is 2.36. The zero-order valence-corrected chi connectivity index (χ0v) is 19.1. The molecule has 3 rings (SSSR count). The number of aromatic nitrogens is 4. The summed E-state index contributed by atoms with van der Waals surface area (Å²) in [5, 5.41) is 5.78. The third kappa shape index (κ3) is 5.15. The van der Waals surface area contributed by atoms with Crippen LogP contribution in [0.4, 0.5) is 17.5 Å². The van der Waals surface area contributed by atoms with Crippen molar-refractivity contribution in [1.29, 1.82) is 0 Å². The van der Waals surface area contributed by atoms with Crippen molar-refractivity contribution in [3.05, 3.63) is 24.5 Å². The van der Waals surface area contributed by atoms with E-state index in [1.807, 2.05) is 0 Å². The second-order valence-corrected chi connectivity index (χ2v) is 8.71. The number of hydrogen-bond donors (Lipinski definition) is 3. The summed E-state index contributed by atoms with van der Waals surface area (Å²) in [6.07, 6.45) is 0.512. The van der Waals surface area contributed by atoms with Gasteiger partial charge in [0.05, 0.1) is 20.5 Å². The van der Waals surface area contributed by atoms with Gasteiger partial charge in [-0.15, -0.1) is 0 Å². The third-order valence-electron chi connectivity index (χ3n) is 4.26. The number of rotatable bonds is 7. The van der Waals surface area contributed by atoms with Gasteiger partial charge >= 0.3 is 0 Å². The molecule has 0 bridgehead atoms. The summed E-state index contributed by atoms with van der Waals surface area (Å²) in [5.41, 5.74) is 7.14. The van der Waals surface area contributed by atoms with Crippen LogP contribution >= 0.6 is 34.8 Å². The van der Waals surface area contributed by atoms with Crippen LogP contribution in [-0.4, -0.2) is 43.4 Å². The van der Waals surface area contributed by atoms with Crippen molar-refractivity contribution < 1.29 is 14.3 Å². The molecule has 10 nitrogen and oxygen atoms in total. The van der Waals surface area contributed by atoms with Crippen LogP contribution in [0.3, 0.4) is 0 Å². The van der Waals surface area contributed by atoms with Crippen molar-refractivity contribution in [1.82, 2.24) is 24.8 Å². The SMILES string of the molecule is CCC(=O)NC(n1cnc2c(Nc3cc(OC)cc(OC)c3)nc(N)nc21)C(Cl)(Cl)Cl. The Kier molecular flexibility index (Phi) is 6.83. The van der Waals surface area contributed by atoms with E-state index < -0.39 is 9.96 Å². The van der Waals surface area contributed by atoms with Gasteiger partial charge in [0.1, 0.15) is 11.5 Å². The number of amides is 1. The molecule has 4 N–H and O–H groups in total. The molecule has 0 radical (unpaired) electrons. The molecule has 166 valence electrons. The first-order chi connectivity index (χ1) is 14.7. The van der Waals surface area contributed by atoms with Crippen LogP contribution in [-0.2, 0) is 4.79 Å². The molecule has 1 unspecified atom stereocenters. The monoisotopic (exact) mass is 487 g/mol. The van der Waals surface area contributed by atoms with Gasteiger partial charge in [0.15, 0.2) is 23.1 Å². The fourth-order valence-corrected chi connectivity index (χ4v) is 3.27. The minimum absolute atomic E-state index is 0.0449. The van der Waals surface area contributed by atoms with Gasteiger partial charge < -0.3 is 25.8 Å². The molecular weight excluding hydrogens is 469 g/mol. The Morgan fingerprint density at radius 1 is 1.19 bits per heavy atom. The number of nitrogens with two attached hydrogens (primary N) is 1. The van der Waals surface area contributed by atoms with E-state index in [4.69, 9.17) is 50.0 Å². The van der Waals surface area contributed by atoms with Crippen molar-refractivity contribution in [2.24, 2.45) is 0 Å². The van der Waals surface area contributed by atoms with Crippen LogP contribution in [0.5, 0.6) is 11.5 Å². The smallest absolute Gasteiger partial charge is 0.229 e. The van der Waals surface area contributed by atoms with Gasteiger partial charge in [-0.3, -0.25) is 9.36 Å². The van der Waals surface area contributed by atoms with E-state index in [0.717, 1.165) is 0 Å². The summed E-state index contributed by atoms with van der Waals surface area (Å²) in [7, 11) is 3.09. The van der Waals surface area contributed by atoms with Gasteiger partial charge in [-0.2, -0.15) is 9.97 Å². The highest BCUT2D eigenvalue weighted by Crippen LogP contribution is 2.39. The number of benzene rings is 1. The predicted octanol–water partition coefficient (Wildman–Crippen LogP) is 3.56. The standard InChI is InChI=1S/C18H20Cl3N7O3/c1-4-12(29)25-16(18(19,20)21)28-8-23-13-14(26-17(22)27-15(13)28)24-9-5-10(30-2)7-11(6-9)31-3/h5-8,16H,4H2,1-3H3,(H,25,29)(H3,22,24,26,27). The average molecular weight is 489 g/mol. The molecule has 13 heteroatoms. The number of hydrogen-bond acceptors (Lipinski definition) is 8. The van der Waals surface area contributed by atoms with E-state index in [1.54, 1.807) is 39.3 Å². The normalized spacial score (nSPS) is 12.5. The number of carbonyl (C=O) groups excluding carboxylic acids is 1. The Hall–Kier alpha value is -2.69. The quantitative estimate of drug-likeness (QED) is 0.430. The lowest BCUT2D eigenvalue weighted by atomic mass is 10.2. The highest BCUT2D eigenvalue weighted by atomic mass is 35.6. The number of halogens is 3. The molecule has 1 aromatic carbocycles. The summed E-state index contributed by atoms with van der Waals surface area (Å²) in [4.78, 5) is 24.8. The lowest BCUT2D eigenvalue weighted by Gasteiger charge is -2.26. The summed E-state index contributed by atoms with van der Waals surface area (Å²) in [6, 6.07) is 5.22. The van der Waals surface area contributed by atoms with Crippen LogP contribution in [0.25, 0.3) is 11.2 Å². The van der Waals surface area contributed by atoms with Crippen molar-refractivity contribution >= 4 is 69.3 Å². The Morgan fingerprint density at radius 3 is 2.39 bits per heavy atom. The van der Waals surface area contributed by atoms with Gasteiger partial charge in [0.25, 0.3) is 0 Å². The molecule has 0 saturated heterocycles. The predicted molar refractivity (Wildman–Crippen MR) is 120 cm³/mol. The summed E-state index contributed by atoms with van der Waals surface area (Å²) in [6.45, 7) is 1.68. The molecule has 0 aliphatic carbocycles. The van der Waals surface area contributed by atoms with E-state index in [2.05, 4.69) is 25.6 Å². The minimum atomic E-state index is -1.88. The zero-order valence-electron chi connectivity index (χ0n) is 16.8. The molecule has 0 spiro atoms. The maximum absolute atomic E-state index is 12.0. The van der Waals surface area contributed by atoms with Crippen molar-refractivity contribution in [2.75, 3.05) is 25.3 Å². The lowest BCUT2D eigenvalue weighted by molar-refractivity contribution is -0.122. The number of nitrogen functional groups attached to an aromatic ring is 1. The van der Waals surface area contributed by atoms with Crippen molar-refractivity contribution in [3.8, 4) is 11.5 Å². The second kappa shape index (κ2) is 9.21. The number of fused-ring (bicyclic) bond motifs is 1. The Bertz CT molecular complexity index is 1080. The first-order valence-corrected chi connectivity index (χ1v) is 10.2. The first-order valence-electron chi connectivity index (χ1n) is 9.02. The van der Waals surface area contributed by atoms with Gasteiger partial charge in [0.2, 0.25) is 15.6 Å². The molecule has 0 aliphatic heterocycles. The topological polar surface area (TPSA) is 129 Å². The molecule has 0 aliphatic rings. The van der Waals surface area contributed by atoms with Crippen LogP contribution in [0.15, 0.2) is 24.5 Å². The van der Waals surface area contributed by atoms with Gasteiger partial charge in [-0.1, -0.05) is 41.7 Å². The number of alkyl halides is 3. The molecular formula is C18H20Cl3N7O3. The number of imidazole rings is 1. The maximum atomic E-state index is 12.0. The van der Waals surface area contributed by atoms with Crippen molar-refractivity contribution in [2.45, 2.75) is 23.3 Å². The number of anilines is 3. The van der Waals surface area contributed by atoms with E-state index in [0.29, 0.717) is 28.5 Å². The van der Waals surface area contributed by atoms with Gasteiger partial charge in [-0.25, -0.2) is 4.98 Å². The molecule has 1 atom stereocenters. The van der Waals surface area contributed by atoms with Gasteiger partial charge in [0, 0.05) is 30.3 Å². The number of ether oxygens (including phenoxy) is 2. The molecule has 1 amide bonds. The largest absolute Gasteiger partial charge is 0.497 e. The summed E-state index contributed by atoms with van der Waals surface area (Å²) in [5.74, 6) is 1.09. The third-order valence-corrected chi connectivity index (χ3v) is 4.88. The van der Waals surface area contributed by atoms with Crippen LogP contribution in [0.1, 0.15) is 19.5 Å². The lowest BCUT2D eigenvalue weighted by Crippen LogP contribution is -2.40. The van der Waals surface area contributed by atoms with E-state index in [9.17, 15) is 4.79 Å². The van der Waals surface area contributed by atoms with Crippen molar-refractivity contribution in [3.63, 3.8) is 0 Å².